The average molecular weight is 388 g/mol. The van der Waals surface area contributed by atoms with Gasteiger partial charge in [0.2, 0.25) is 0 Å². The summed E-state index contributed by atoms with van der Waals surface area (Å²) >= 11 is 3.25. The molecule has 3 aromatic rings. The third-order valence-corrected chi connectivity index (χ3v) is 4.37. The summed E-state index contributed by atoms with van der Waals surface area (Å²) in [5, 5.41) is 0. The Morgan fingerprint density at radius 2 is 1.88 bits per heavy atom. The Morgan fingerprint density at radius 3 is 2.62 bits per heavy atom. The van der Waals surface area contributed by atoms with Crippen LogP contribution in [-0.2, 0) is 6.42 Å². The van der Waals surface area contributed by atoms with Crippen LogP contribution < -0.4 is 10.3 Å². The summed E-state index contributed by atoms with van der Waals surface area (Å²) in [7, 11) is 0. The highest BCUT2D eigenvalue weighted by Gasteiger charge is 2.17. The minimum atomic E-state index is -0.342. The van der Waals surface area contributed by atoms with Crippen LogP contribution in [0, 0.1) is 5.82 Å². The summed E-state index contributed by atoms with van der Waals surface area (Å²) in [5.74, 6) is 0.167. The Bertz CT molecular complexity index is 880. The molecular formula is C19H15BrFNO2. The first-order valence-corrected chi connectivity index (χ1v) is 8.26. The van der Waals surface area contributed by atoms with Gasteiger partial charge in [-0.1, -0.05) is 42.5 Å². The number of benzene rings is 2. The Balaban J connectivity index is 1.93. The molecule has 0 saturated heterocycles. The van der Waals surface area contributed by atoms with Crippen LogP contribution in [0.1, 0.15) is 17.2 Å². The summed E-state index contributed by atoms with van der Waals surface area (Å²) in [6.45, 7) is 0. The molecule has 0 saturated carbocycles. The lowest BCUT2D eigenvalue weighted by molar-refractivity contribution is 0.204. The van der Waals surface area contributed by atoms with E-state index < -0.39 is 0 Å². The van der Waals surface area contributed by atoms with Gasteiger partial charge in [0.1, 0.15) is 22.1 Å². The van der Waals surface area contributed by atoms with Gasteiger partial charge in [0.15, 0.2) is 0 Å². The largest absolute Gasteiger partial charge is 0.484 e. The molecule has 0 aliphatic carbocycles. The summed E-state index contributed by atoms with van der Waals surface area (Å²) in [5.41, 5.74) is 1.52. The molecule has 1 unspecified atom stereocenters. The molecule has 1 aromatic heterocycles. The van der Waals surface area contributed by atoms with E-state index in [0.717, 1.165) is 11.1 Å². The number of aromatic amines is 1. The van der Waals surface area contributed by atoms with E-state index in [4.69, 9.17) is 4.74 Å². The molecule has 0 aliphatic heterocycles. The van der Waals surface area contributed by atoms with Crippen LogP contribution in [0.2, 0.25) is 0 Å². The Kier molecular flexibility index (Phi) is 5.11. The molecule has 0 amide bonds. The first kappa shape index (κ1) is 16.5. The first-order valence-electron chi connectivity index (χ1n) is 7.47. The molecule has 1 heterocycles. The number of halogens is 2. The fourth-order valence-corrected chi connectivity index (χ4v) is 2.80. The van der Waals surface area contributed by atoms with E-state index in [1.165, 1.54) is 18.3 Å². The molecule has 0 fully saturated rings. The lowest BCUT2D eigenvalue weighted by Gasteiger charge is -2.20. The van der Waals surface area contributed by atoms with E-state index in [9.17, 15) is 9.18 Å². The van der Waals surface area contributed by atoms with E-state index in [-0.39, 0.29) is 17.5 Å². The van der Waals surface area contributed by atoms with E-state index >= 15 is 0 Å². The standard InChI is InChI=1S/C19H15BrFNO2/c20-18-16(9-10-22-19(18)23)24-17(14-6-2-1-3-7-14)12-13-5-4-8-15(21)11-13/h1-11,17H,12H2,(H,22,23). The predicted molar refractivity (Wildman–Crippen MR) is 94.7 cm³/mol. The van der Waals surface area contributed by atoms with Crippen LogP contribution in [0.3, 0.4) is 0 Å². The van der Waals surface area contributed by atoms with Crippen LogP contribution in [0.4, 0.5) is 4.39 Å². The molecule has 1 N–H and O–H groups in total. The number of hydrogen-bond acceptors (Lipinski definition) is 2. The van der Waals surface area contributed by atoms with Crippen molar-refractivity contribution in [3.63, 3.8) is 0 Å². The van der Waals surface area contributed by atoms with Gasteiger partial charge in [-0.15, -0.1) is 0 Å². The summed E-state index contributed by atoms with van der Waals surface area (Å²) in [6.07, 6.45) is 1.68. The number of nitrogens with one attached hydrogen (secondary N) is 1. The highest BCUT2D eigenvalue weighted by Crippen LogP contribution is 2.29. The van der Waals surface area contributed by atoms with Gasteiger partial charge in [-0.05, 0) is 45.3 Å². The van der Waals surface area contributed by atoms with Crippen molar-refractivity contribution in [2.24, 2.45) is 0 Å². The zero-order valence-corrected chi connectivity index (χ0v) is 14.3. The lowest BCUT2D eigenvalue weighted by Crippen LogP contribution is -2.14. The van der Waals surface area contributed by atoms with E-state index in [1.807, 2.05) is 36.4 Å². The maximum absolute atomic E-state index is 13.5. The maximum Gasteiger partial charge on any atom is 0.266 e. The van der Waals surface area contributed by atoms with Gasteiger partial charge in [-0.3, -0.25) is 4.79 Å². The number of H-pyrrole nitrogens is 1. The van der Waals surface area contributed by atoms with Crippen molar-refractivity contribution in [2.75, 3.05) is 0 Å². The summed E-state index contributed by atoms with van der Waals surface area (Å²) in [6, 6.07) is 17.8. The number of pyridine rings is 1. The van der Waals surface area contributed by atoms with Gasteiger partial charge in [-0.2, -0.15) is 0 Å². The maximum atomic E-state index is 13.5. The third-order valence-electron chi connectivity index (χ3n) is 3.62. The van der Waals surface area contributed by atoms with Crippen LogP contribution in [0.5, 0.6) is 5.75 Å². The SMILES string of the molecule is O=c1[nH]ccc(OC(Cc2cccc(F)c2)c2ccccc2)c1Br. The van der Waals surface area contributed by atoms with Gasteiger partial charge >= 0.3 is 0 Å². The normalized spacial score (nSPS) is 11.9. The first-order chi connectivity index (χ1) is 11.6. The number of ether oxygens (including phenoxy) is 1. The van der Waals surface area contributed by atoms with Gasteiger partial charge < -0.3 is 9.72 Å². The zero-order chi connectivity index (χ0) is 16.9. The molecule has 0 aliphatic rings. The second kappa shape index (κ2) is 7.45. The van der Waals surface area contributed by atoms with Gasteiger partial charge in [-0.25, -0.2) is 4.39 Å². The lowest BCUT2D eigenvalue weighted by atomic mass is 10.0. The van der Waals surface area contributed by atoms with Gasteiger partial charge in [0, 0.05) is 12.6 Å². The average Bonchev–Trinajstić information content (AvgIpc) is 2.59. The van der Waals surface area contributed by atoms with E-state index in [2.05, 4.69) is 20.9 Å². The Hall–Kier alpha value is -2.40. The predicted octanol–water partition coefficient (Wildman–Crippen LogP) is 4.64. The number of hydrogen-bond donors (Lipinski definition) is 1. The minimum Gasteiger partial charge on any atom is -0.484 e. The molecule has 3 rings (SSSR count). The van der Waals surface area contributed by atoms with Crippen molar-refractivity contribution >= 4 is 15.9 Å². The molecule has 0 radical (unpaired) electrons. The molecule has 0 bridgehead atoms. The second-order valence-electron chi connectivity index (χ2n) is 5.34. The van der Waals surface area contributed by atoms with Crippen LogP contribution in [-0.4, -0.2) is 4.98 Å². The molecule has 5 heteroatoms. The molecule has 3 nitrogen and oxygen atoms in total. The fraction of sp³-hybridized carbons (Fsp3) is 0.105. The topological polar surface area (TPSA) is 42.1 Å². The minimum absolute atomic E-state index is 0.259. The molecule has 2 aromatic carbocycles. The van der Waals surface area contributed by atoms with E-state index in [0.29, 0.717) is 16.6 Å². The second-order valence-corrected chi connectivity index (χ2v) is 6.13. The summed E-state index contributed by atoms with van der Waals surface area (Å²) in [4.78, 5) is 14.3. The van der Waals surface area contributed by atoms with Crippen LogP contribution in [0.15, 0.2) is 76.1 Å². The van der Waals surface area contributed by atoms with Crippen molar-refractivity contribution in [2.45, 2.75) is 12.5 Å². The highest BCUT2D eigenvalue weighted by atomic mass is 79.9. The smallest absolute Gasteiger partial charge is 0.266 e. The number of aromatic nitrogens is 1. The van der Waals surface area contributed by atoms with Gasteiger partial charge in [0.25, 0.3) is 5.56 Å². The van der Waals surface area contributed by atoms with Crippen molar-refractivity contribution in [1.29, 1.82) is 0 Å². The fourth-order valence-electron chi connectivity index (χ4n) is 2.46. The van der Waals surface area contributed by atoms with Crippen molar-refractivity contribution in [1.82, 2.24) is 4.98 Å². The molecule has 1 atom stereocenters. The zero-order valence-electron chi connectivity index (χ0n) is 12.7. The molecule has 122 valence electrons. The Labute approximate surface area is 147 Å². The molecule has 24 heavy (non-hydrogen) atoms. The Morgan fingerprint density at radius 1 is 1.08 bits per heavy atom. The number of rotatable bonds is 5. The van der Waals surface area contributed by atoms with Crippen LogP contribution in [0.25, 0.3) is 0 Å². The highest BCUT2D eigenvalue weighted by molar-refractivity contribution is 9.10. The molecule has 0 spiro atoms. The van der Waals surface area contributed by atoms with Crippen molar-refractivity contribution in [3.05, 3.63) is 98.6 Å². The van der Waals surface area contributed by atoms with Crippen LogP contribution >= 0.6 is 15.9 Å². The monoisotopic (exact) mass is 387 g/mol. The van der Waals surface area contributed by atoms with Gasteiger partial charge in [0.05, 0.1) is 0 Å². The van der Waals surface area contributed by atoms with E-state index in [1.54, 1.807) is 12.1 Å². The van der Waals surface area contributed by atoms with Crippen molar-refractivity contribution in [3.8, 4) is 5.75 Å². The molecular weight excluding hydrogens is 373 g/mol. The summed E-state index contributed by atoms with van der Waals surface area (Å²) < 4.78 is 19.9. The third kappa shape index (κ3) is 3.92. The van der Waals surface area contributed by atoms with Crippen molar-refractivity contribution < 1.29 is 9.13 Å². The quantitative estimate of drug-likeness (QED) is 0.692.